The summed E-state index contributed by atoms with van der Waals surface area (Å²) in [5, 5.41) is 9.68. The number of carbonyl (C=O) groups is 1. The van der Waals surface area contributed by atoms with E-state index in [2.05, 4.69) is 20.8 Å². The van der Waals surface area contributed by atoms with Gasteiger partial charge in [0.15, 0.2) is 0 Å². The fourth-order valence-electron chi connectivity index (χ4n) is 5.29. The largest absolute Gasteiger partial charge is 0.478 e. The molecule has 0 bridgehead atoms. The molecule has 3 heteroatoms. The third kappa shape index (κ3) is 2.64. The van der Waals surface area contributed by atoms with E-state index in [1.165, 1.54) is 5.56 Å². The summed E-state index contributed by atoms with van der Waals surface area (Å²) in [6, 6.07) is 2.04. The minimum atomic E-state index is -0.719. The van der Waals surface area contributed by atoms with Gasteiger partial charge in [-0.15, -0.1) is 0 Å². The minimum Gasteiger partial charge on any atom is -0.478 e. The second-order valence-corrected chi connectivity index (χ2v) is 8.05. The highest BCUT2D eigenvalue weighted by Crippen LogP contribution is 2.61. The van der Waals surface area contributed by atoms with Crippen LogP contribution < -0.4 is 0 Å². The summed E-state index contributed by atoms with van der Waals surface area (Å²) in [6.45, 7) is 6.94. The smallest absolute Gasteiger partial charge is 0.331 e. The highest BCUT2D eigenvalue weighted by atomic mass is 16.4. The van der Waals surface area contributed by atoms with Gasteiger partial charge in [0.05, 0.1) is 12.5 Å². The molecule has 0 aromatic carbocycles. The van der Waals surface area contributed by atoms with Gasteiger partial charge in [0.1, 0.15) is 0 Å². The van der Waals surface area contributed by atoms with Crippen molar-refractivity contribution in [1.82, 2.24) is 0 Å². The number of aliphatic carboxylic acids is 1. The first-order valence-electron chi connectivity index (χ1n) is 8.83. The molecule has 1 saturated carbocycles. The average molecular weight is 316 g/mol. The van der Waals surface area contributed by atoms with E-state index >= 15 is 0 Å². The van der Waals surface area contributed by atoms with Crippen LogP contribution in [0.4, 0.5) is 0 Å². The Morgan fingerprint density at radius 3 is 2.83 bits per heavy atom. The van der Waals surface area contributed by atoms with Gasteiger partial charge in [-0.25, -0.2) is 4.79 Å². The molecule has 1 heterocycles. The van der Waals surface area contributed by atoms with Crippen LogP contribution in [0.5, 0.6) is 0 Å². The standard InChI is InChI=1S/C20H28O3/c1-14-7-10-20(3)16(18(21)22)5-4-6-17(20)19(14,2)11-8-15-9-12-23-13-15/h5,9,12-14,17H,4,6-8,10-11H2,1-3H3,(H,21,22)/t14-,17-,19+,20+/m0/s1. The molecular weight excluding hydrogens is 288 g/mol. The summed E-state index contributed by atoms with van der Waals surface area (Å²) >= 11 is 0. The Hall–Kier alpha value is -1.51. The summed E-state index contributed by atoms with van der Waals surface area (Å²) in [7, 11) is 0. The van der Waals surface area contributed by atoms with E-state index < -0.39 is 5.97 Å². The summed E-state index contributed by atoms with van der Waals surface area (Å²) in [4.78, 5) is 11.8. The zero-order valence-corrected chi connectivity index (χ0v) is 14.5. The number of allylic oxidation sites excluding steroid dienone is 1. The lowest BCUT2D eigenvalue weighted by Crippen LogP contribution is -2.51. The van der Waals surface area contributed by atoms with E-state index in [0.29, 0.717) is 17.4 Å². The molecule has 1 N–H and O–H groups in total. The Kier molecular flexibility index (Phi) is 4.16. The molecule has 23 heavy (non-hydrogen) atoms. The van der Waals surface area contributed by atoms with Crippen molar-refractivity contribution >= 4 is 5.97 Å². The predicted molar refractivity (Wildman–Crippen MR) is 90.1 cm³/mol. The van der Waals surface area contributed by atoms with E-state index in [1.807, 2.05) is 18.4 Å². The number of rotatable bonds is 4. The number of hydrogen-bond donors (Lipinski definition) is 1. The molecule has 126 valence electrons. The van der Waals surface area contributed by atoms with Crippen molar-refractivity contribution in [3.8, 4) is 0 Å². The van der Waals surface area contributed by atoms with Gasteiger partial charge in [-0.3, -0.25) is 0 Å². The number of carboxylic acids is 1. The lowest BCUT2D eigenvalue weighted by atomic mass is 9.46. The number of furan rings is 1. The van der Waals surface area contributed by atoms with Crippen molar-refractivity contribution in [3.05, 3.63) is 35.8 Å². The summed E-state index contributed by atoms with van der Waals surface area (Å²) in [6.07, 6.45) is 11.8. The Balaban J connectivity index is 1.89. The monoisotopic (exact) mass is 316 g/mol. The van der Waals surface area contributed by atoms with E-state index in [4.69, 9.17) is 4.42 Å². The van der Waals surface area contributed by atoms with Crippen molar-refractivity contribution in [2.75, 3.05) is 0 Å². The maximum atomic E-state index is 11.8. The van der Waals surface area contributed by atoms with Crippen molar-refractivity contribution in [3.63, 3.8) is 0 Å². The number of fused-ring (bicyclic) bond motifs is 1. The fraction of sp³-hybridized carbons (Fsp3) is 0.650. The van der Waals surface area contributed by atoms with Gasteiger partial charge in [0.25, 0.3) is 0 Å². The molecule has 4 atom stereocenters. The topological polar surface area (TPSA) is 50.4 Å². The van der Waals surface area contributed by atoms with E-state index in [0.717, 1.165) is 38.5 Å². The van der Waals surface area contributed by atoms with Gasteiger partial charge in [-0.1, -0.05) is 26.8 Å². The molecule has 1 fully saturated rings. The van der Waals surface area contributed by atoms with Crippen LogP contribution in [0.25, 0.3) is 0 Å². The second-order valence-electron chi connectivity index (χ2n) is 8.05. The van der Waals surface area contributed by atoms with Crippen LogP contribution in [-0.4, -0.2) is 11.1 Å². The van der Waals surface area contributed by atoms with Gasteiger partial charge in [0, 0.05) is 11.0 Å². The van der Waals surface area contributed by atoms with Crippen LogP contribution in [0.15, 0.2) is 34.7 Å². The molecule has 3 nitrogen and oxygen atoms in total. The minimum absolute atomic E-state index is 0.179. The highest BCUT2D eigenvalue weighted by Gasteiger charge is 2.55. The van der Waals surface area contributed by atoms with E-state index in [1.54, 1.807) is 6.26 Å². The Bertz CT molecular complexity index is 600. The molecule has 0 saturated heterocycles. The van der Waals surface area contributed by atoms with Crippen molar-refractivity contribution < 1.29 is 14.3 Å². The SMILES string of the molecule is C[C@H]1CC[C@]2(C)C(C(=O)O)=CCC[C@H]2[C@]1(C)CCc1ccoc1. The summed E-state index contributed by atoms with van der Waals surface area (Å²) < 4.78 is 5.20. The molecule has 0 unspecified atom stereocenters. The van der Waals surface area contributed by atoms with Gasteiger partial charge in [-0.05, 0) is 67.4 Å². The Labute approximate surface area is 138 Å². The fourth-order valence-corrected chi connectivity index (χ4v) is 5.29. The van der Waals surface area contributed by atoms with E-state index in [-0.39, 0.29) is 10.8 Å². The zero-order valence-electron chi connectivity index (χ0n) is 14.5. The third-order valence-corrected chi connectivity index (χ3v) is 6.97. The van der Waals surface area contributed by atoms with Crippen LogP contribution >= 0.6 is 0 Å². The van der Waals surface area contributed by atoms with Crippen LogP contribution in [0.2, 0.25) is 0 Å². The number of carboxylic acid groups (broad SMARTS) is 1. The van der Waals surface area contributed by atoms with Gasteiger partial charge in [0.2, 0.25) is 0 Å². The number of aryl methyl sites for hydroxylation is 1. The molecule has 0 amide bonds. The number of hydrogen-bond acceptors (Lipinski definition) is 2. The second kappa shape index (κ2) is 5.85. The first-order valence-corrected chi connectivity index (χ1v) is 8.83. The van der Waals surface area contributed by atoms with Gasteiger partial charge >= 0.3 is 5.97 Å². The van der Waals surface area contributed by atoms with Crippen molar-refractivity contribution in [2.24, 2.45) is 22.7 Å². The lowest BCUT2D eigenvalue weighted by molar-refractivity contribution is -0.137. The van der Waals surface area contributed by atoms with Crippen molar-refractivity contribution in [2.45, 2.75) is 59.3 Å². The third-order valence-electron chi connectivity index (χ3n) is 6.97. The molecule has 3 rings (SSSR count). The highest BCUT2D eigenvalue weighted by molar-refractivity contribution is 5.88. The van der Waals surface area contributed by atoms with Gasteiger partial charge < -0.3 is 9.52 Å². The van der Waals surface area contributed by atoms with Crippen molar-refractivity contribution in [1.29, 1.82) is 0 Å². The van der Waals surface area contributed by atoms with Crippen LogP contribution in [0.3, 0.4) is 0 Å². The Morgan fingerprint density at radius 2 is 2.17 bits per heavy atom. The maximum absolute atomic E-state index is 11.8. The average Bonchev–Trinajstić information content (AvgIpc) is 3.02. The molecule has 0 spiro atoms. The van der Waals surface area contributed by atoms with Crippen LogP contribution in [0.1, 0.15) is 58.4 Å². The molecule has 1 aromatic rings. The molecule has 0 aliphatic heterocycles. The molecule has 1 aromatic heterocycles. The zero-order chi connectivity index (χ0) is 16.7. The molecule has 2 aliphatic rings. The first kappa shape index (κ1) is 16.4. The van der Waals surface area contributed by atoms with E-state index in [9.17, 15) is 9.90 Å². The molecule has 0 radical (unpaired) electrons. The first-order chi connectivity index (χ1) is 10.9. The predicted octanol–water partition coefficient (Wildman–Crippen LogP) is 5.08. The molecular formula is C20H28O3. The lowest BCUT2D eigenvalue weighted by Gasteiger charge is -2.57. The van der Waals surface area contributed by atoms with Gasteiger partial charge in [-0.2, -0.15) is 0 Å². The van der Waals surface area contributed by atoms with Crippen LogP contribution in [0, 0.1) is 22.7 Å². The quantitative estimate of drug-likeness (QED) is 0.843. The summed E-state index contributed by atoms with van der Waals surface area (Å²) in [5.74, 6) is 0.353. The summed E-state index contributed by atoms with van der Waals surface area (Å²) in [5.41, 5.74) is 1.91. The normalized spacial score (nSPS) is 37.1. The maximum Gasteiger partial charge on any atom is 0.331 e. The van der Waals surface area contributed by atoms with Crippen LogP contribution in [-0.2, 0) is 11.2 Å². The molecule has 2 aliphatic carbocycles. The Morgan fingerprint density at radius 1 is 1.39 bits per heavy atom.